The van der Waals surface area contributed by atoms with Crippen LogP contribution in [0.25, 0.3) is 10.9 Å². The first-order valence-electron chi connectivity index (χ1n) is 11.1. The molecule has 4 aromatic rings. The van der Waals surface area contributed by atoms with Gasteiger partial charge >= 0.3 is 0 Å². The van der Waals surface area contributed by atoms with Gasteiger partial charge in [0, 0.05) is 6.42 Å². The quantitative estimate of drug-likeness (QED) is 0.407. The number of thiophene rings is 1. The number of hydrogen-bond donors (Lipinski definition) is 0. The van der Waals surface area contributed by atoms with Crippen molar-refractivity contribution < 1.29 is 14.3 Å². The van der Waals surface area contributed by atoms with Gasteiger partial charge in [0.1, 0.15) is 12.4 Å². The van der Waals surface area contributed by atoms with E-state index in [9.17, 15) is 9.59 Å². The van der Waals surface area contributed by atoms with Crippen molar-refractivity contribution in [1.29, 1.82) is 0 Å². The van der Waals surface area contributed by atoms with E-state index >= 15 is 0 Å². The van der Waals surface area contributed by atoms with Crippen molar-refractivity contribution in [3.05, 3.63) is 86.6 Å². The number of para-hydroxylation sites is 1. The Bertz CT molecular complexity index is 1490. The van der Waals surface area contributed by atoms with Gasteiger partial charge < -0.3 is 9.47 Å². The summed E-state index contributed by atoms with van der Waals surface area (Å²) in [6, 6.07) is 16.3. The summed E-state index contributed by atoms with van der Waals surface area (Å²) in [6.07, 6.45) is 0.547. The minimum atomic E-state index is -0.344. The highest BCUT2D eigenvalue weighted by molar-refractivity contribution is 7.12. The van der Waals surface area contributed by atoms with Crippen LogP contribution >= 0.6 is 11.3 Å². The number of hydrazone groups is 1. The Kier molecular flexibility index (Phi) is 6.08. The molecule has 2 aromatic carbocycles. The zero-order valence-electron chi connectivity index (χ0n) is 19.6. The lowest BCUT2D eigenvalue weighted by Crippen LogP contribution is -2.35. The van der Waals surface area contributed by atoms with Crippen molar-refractivity contribution in [2.24, 2.45) is 5.10 Å². The number of aryl methyl sites for hydroxylation is 1. The highest BCUT2D eigenvalue weighted by atomic mass is 32.1. The topological polar surface area (TPSA) is 86.0 Å². The molecular weight excluding hydrogens is 464 g/mol. The molecule has 8 nitrogen and oxygen atoms in total. The lowest BCUT2D eigenvalue weighted by Gasteiger charge is -2.23. The number of rotatable bonds is 6. The van der Waals surface area contributed by atoms with Gasteiger partial charge in [0.15, 0.2) is 11.5 Å². The van der Waals surface area contributed by atoms with Gasteiger partial charge in [0.2, 0.25) is 0 Å². The van der Waals surface area contributed by atoms with E-state index in [1.807, 2.05) is 41.8 Å². The molecule has 0 aliphatic carbocycles. The Morgan fingerprint density at radius 3 is 2.63 bits per heavy atom. The number of methoxy groups -OCH3 is 2. The first kappa shape index (κ1) is 22.8. The third-order valence-electron chi connectivity index (χ3n) is 6.11. The number of ether oxygens (including phenoxy) is 2. The van der Waals surface area contributed by atoms with Gasteiger partial charge in [-0.15, -0.1) is 11.3 Å². The van der Waals surface area contributed by atoms with Crippen LogP contribution in [0.15, 0.2) is 69.9 Å². The summed E-state index contributed by atoms with van der Waals surface area (Å²) < 4.78 is 12.3. The molecule has 0 N–H and O–H groups in total. The molecule has 3 heterocycles. The lowest BCUT2D eigenvalue weighted by molar-refractivity contribution is -0.133. The fraction of sp³-hybridized carbons (Fsp3) is 0.231. The van der Waals surface area contributed by atoms with Crippen LogP contribution in [0.5, 0.6) is 11.5 Å². The van der Waals surface area contributed by atoms with E-state index in [-0.39, 0.29) is 24.1 Å². The van der Waals surface area contributed by atoms with Crippen molar-refractivity contribution in [3.63, 3.8) is 0 Å². The zero-order valence-corrected chi connectivity index (χ0v) is 20.4. The number of fused-ring (bicyclic) bond motifs is 1. The van der Waals surface area contributed by atoms with Crippen LogP contribution in [-0.2, 0) is 11.3 Å². The molecule has 0 spiro atoms. The molecule has 1 aliphatic heterocycles. The van der Waals surface area contributed by atoms with Crippen LogP contribution < -0.4 is 15.0 Å². The van der Waals surface area contributed by atoms with Crippen LogP contribution in [0.4, 0.5) is 0 Å². The minimum absolute atomic E-state index is 0.159. The van der Waals surface area contributed by atoms with Gasteiger partial charge in [-0.2, -0.15) is 5.10 Å². The molecule has 0 saturated carbocycles. The van der Waals surface area contributed by atoms with Gasteiger partial charge in [-0.25, -0.2) is 9.99 Å². The molecule has 0 fully saturated rings. The molecule has 9 heteroatoms. The number of carbonyl (C=O) groups excluding carboxylic acids is 1. The Hall–Kier alpha value is -3.98. The Labute approximate surface area is 206 Å². The molecule has 0 saturated heterocycles. The second-order valence-electron chi connectivity index (χ2n) is 8.16. The van der Waals surface area contributed by atoms with Crippen molar-refractivity contribution in [3.8, 4) is 11.5 Å². The number of benzene rings is 2. The lowest BCUT2D eigenvalue weighted by atomic mass is 10.0. The zero-order chi connectivity index (χ0) is 24.5. The monoisotopic (exact) mass is 488 g/mol. The van der Waals surface area contributed by atoms with Crippen molar-refractivity contribution in [2.45, 2.75) is 25.9 Å². The molecule has 1 atom stereocenters. The summed E-state index contributed by atoms with van der Waals surface area (Å²) in [5, 5.41) is 8.65. The average Bonchev–Trinajstić information content (AvgIpc) is 3.56. The first-order valence-corrected chi connectivity index (χ1v) is 12.0. The predicted molar refractivity (Wildman–Crippen MR) is 135 cm³/mol. The number of nitrogens with zero attached hydrogens (tertiary/aromatic N) is 4. The molecule has 0 radical (unpaired) electrons. The van der Waals surface area contributed by atoms with Crippen LogP contribution in [0.1, 0.15) is 28.7 Å². The maximum Gasteiger partial charge on any atom is 0.263 e. The summed E-state index contributed by atoms with van der Waals surface area (Å²) in [5.74, 6) is 1.37. The molecule has 1 amide bonds. The second kappa shape index (κ2) is 9.34. The van der Waals surface area contributed by atoms with Crippen LogP contribution in [0.2, 0.25) is 0 Å². The smallest absolute Gasteiger partial charge is 0.263 e. The van der Waals surface area contributed by atoms with Crippen LogP contribution in [-0.4, -0.2) is 40.4 Å². The number of aromatic nitrogens is 2. The summed E-state index contributed by atoms with van der Waals surface area (Å²) in [6.45, 7) is 1.57. The van der Waals surface area contributed by atoms with Gasteiger partial charge in [0.25, 0.3) is 11.5 Å². The first-order chi connectivity index (χ1) is 17.0. The number of carbonyl (C=O) groups is 1. The average molecular weight is 489 g/mol. The van der Waals surface area contributed by atoms with Crippen molar-refractivity contribution in [2.75, 3.05) is 14.2 Å². The van der Waals surface area contributed by atoms with Crippen LogP contribution in [0.3, 0.4) is 0 Å². The molecule has 35 heavy (non-hydrogen) atoms. The van der Waals surface area contributed by atoms with E-state index < -0.39 is 0 Å². The summed E-state index contributed by atoms with van der Waals surface area (Å²) in [5.41, 5.74) is 2.06. The van der Waals surface area contributed by atoms with Crippen molar-refractivity contribution in [1.82, 2.24) is 14.6 Å². The Morgan fingerprint density at radius 2 is 1.89 bits per heavy atom. The van der Waals surface area contributed by atoms with E-state index in [0.29, 0.717) is 34.6 Å². The van der Waals surface area contributed by atoms with Crippen LogP contribution in [0, 0.1) is 6.92 Å². The fourth-order valence-corrected chi connectivity index (χ4v) is 5.05. The molecule has 0 unspecified atom stereocenters. The van der Waals surface area contributed by atoms with E-state index in [4.69, 9.17) is 14.6 Å². The second-order valence-corrected chi connectivity index (χ2v) is 9.11. The molecular formula is C26H24N4O4S. The highest BCUT2D eigenvalue weighted by Crippen LogP contribution is 2.38. The molecule has 178 valence electrons. The predicted octanol–water partition coefficient (Wildman–Crippen LogP) is 4.16. The Morgan fingerprint density at radius 1 is 1.09 bits per heavy atom. The highest BCUT2D eigenvalue weighted by Gasteiger charge is 2.34. The minimum Gasteiger partial charge on any atom is -0.493 e. The summed E-state index contributed by atoms with van der Waals surface area (Å²) in [7, 11) is 3.16. The van der Waals surface area contributed by atoms with Crippen molar-refractivity contribution >= 4 is 33.9 Å². The molecule has 2 aromatic heterocycles. The summed E-state index contributed by atoms with van der Waals surface area (Å²) in [4.78, 5) is 32.3. The third kappa shape index (κ3) is 4.19. The maximum absolute atomic E-state index is 13.6. The molecule has 0 bridgehead atoms. The van der Waals surface area contributed by atoms with E-state index in [1.54, 1.807) is 50.7 Å². The van der Waals surface area contributed by atoms with Gasteiger partial charge in [0.05, 0.1) is 41.8 Å². The fourth-order valence-electron chi connectivity index (χ4n) is 4.32. The van der Waals surface area contributed by atoms with E-state index in [1.165, 1.54) is 9.58 Å². The van der Waals surface area contributed by atoms with Gasteiger partial charge in [-0.1, -0.05) is 24.3 Å². The number of hydrogen-bond acceptors (Lipinski definition) is 7. The van der Waals surface area contributed by atoms with E-state index in [2.05, 4.69) is 4.98 Å². The maximum atomic E-state index is 13.6. The normalized spacial score (nSPS) is 15.3. The molecule has 5 rings (SSSR count). The molecule has 1 aliphatic rings. The standard InChI is InChI=1S/C26H24N4O4S/c1-16-27-19-8-5-4-7-18(19)26(32)29(16)15-25(31)30-21(14-20(28-30)24-9-6-12-35-24)17-10-11-22(33-2)23(13-17)34-3/h4-13,21H,14-15H2,1-3H3/t21-/m1/s1. The van der Waals surface area contributed by atoms with E-state index in [0.717, 1.165) is 16.2 Å². The SMILES string of the molecule is COc1ccc([C@H]2CC(c3cccs3)=NN2C(=O)Cn2c(C)nc3ccccc3c2=O)cc1OC. The largest absolute Gasteiger partial charge is 0.493 e. The summed E-state index contributed by atoms with van der Waals surface area (Å²) >= 11 is 1.58. The van der Waals surface area contributed by atoms with Gasteiger partial charge in [-0.3, -0.25) is 14.2 Å². The van der Waals surface area contributed by atoms with Gasteiger partial charge in [-0.05, 0) is 48.2 Å². The third-order valence-corrected chi connectivity index (χ3v) is 7.03. The Balaban J connectivity index is 1.53. The number of amides is 1.